The number of rotatable bonds is 1. The van der Waals surface area contributed by atoms with E-state index in [1.165, 1.54) is 12.2 Å². The van der Waals surface area contributed by atoms with Crippen LogP contribution in [0.5, 0.6) is 0 Å². The van der Waals surface area contributed by atoms with E-state index in [0.29, 0.717) is 0 Å². The van der Waals surface area contributed by atoms with Crippen molar-refractivity contribution >= 4 is 17.6 Å². The van der Waals surface area contributed by atoms with Crippen LogP contribution in [0.25, 0.3) is 0 Å². The van der Waals surface area contributed by atoms with Crippen molar-refractivity contribution in [1.29, 1.82) is 0 Å². The molecule has 0 aromatic rings. The van der Waals surface area contributed by atoms with Crippen molar-refractivity contribution < 1.29 is 14.7 Å². The average Bonchev–Trinajstić information content (AvgIpc) is 2.38. The third-order valence-corrected chi connectivity index (χ3v) is 3.75. The number of hydroxylamine groups is 2. The van der Waals surface area contributed by atoms with Crippen molar-refractivity contribution in [2.45, 2.75) is 36.7 Å². The fraction of sp³-hybridized carbons (Fsp3) is 0.889. The summed E-state index contributed by atoms with van der Waals surface area (Å²) in [5.74, 6) is -0.433. The van der Waals surface area contributed by atoms with Gasteiger partial charge in [0, 0.05) is 0 Å². The van der Waals surface area contributed by atoms with Crippen LogP contribution in [-0.2, 0) is 9.53 Å². The van der Waals surface area contributed by atoms with Gasteiger partial charge in [0.25, 0.3) is 0 Å². The van der Waals surface area contributed by atoms with Gasteiger partial charge >= 0.3 is 5.97 Å². The van der Waals surface area contributed by atoms with Gasteiger partial charge in [-0.15, -0.1) is 11.6 Å². The van der Waals surface area contributed by atoms with Crippen LogP contribution < -0.4 is 0 Å². The summed E-state index contributed by atoms with van der Waals surface area (Å²) in [6.07, 6.45) is 2.51. The summed E-state index contributed by atoms with van der Waals surface area (Å²) in [5.41, 5.74) is 0. The smallest absolute Gasteiger partial charge is 0.310 e. The lowest BCUT2D eigenvalue weighted by molar-refractivity contribution is -0.181. The lowest BCUT2D eigenvalue weighted by Gasteiger charge is -2.30. The number of ether oxygens (including phenoxy) is 1. The van der Waals surface area contributed by atoms with Crippen LogP contribution in [0.15, 0.2) is 0 Å². The third-order valence-electron chi connectivity index (χ3n) is 3.31. The molecule has 2 rings (SSSR count). The van der Waals surface area contributed by atoms with Crippen molar-refractivity contribution in [3.63, 3.8) is 0 Å². The standard InChI is InChI=1S/C9H14ClNO3/c1-14-9(12)6-3-2-5-4-7(10)8(6)11(5)13/h5-8,13H,2-4H2,1H3/p+1. The van der Waals surface area contributed by atoms with Gasteiger partial charge in [0.1, 0.15) is 6.04 Å². The van der Waals surface area contributed by atoms with E-state index in [0.717, 1.165) is 19.3 Å². The number of piperidine rings is 1. The van der Waals surface area contributed by atoms with Gasteiger partial charge in [-0.3, -0.25) is 4.79 Å². The molecule has 2 aliphatic heterocycles. The summed E-state index contributed by atoms with van der Waals surface area (Å²) >= 11 is 6.13. The molecule has 2 fully saturated rings. The molecule has 0 radical (unpaired) electrons. The molecule has 0 saturated carbocycles. The SMILES string of the molecule is COC(=O)C1CCC2CC(Cl)C1N2[OH2+]. The predicted octanol–water partition coefficient (Wildman–Crippen LogP) is 0.259. The van der Waals surface area contributed by atoms with Crippen LogP contribution >= 0.6 is 11.6 Å². The highest BCUT2D eigenvalue weighted by atomic mass is 35.5. The first-order chi connectivity index (χ1) is 6.65. The average molecular weight is 221 g/mol. The quantitative estimate of drug-likeness (QED) is 0.362. The van der Waals surface area contributed by atoms with Gasteiger partial charge in [0.05, 0.1) is 24.4 Å². The Bertz CT molecular complexity index is 248. The van der Waals surface area contributed by atoms with E-state index in [9.17, 15) is 4.79 Å². The van der Waals surface area contributed by atoms with Gasteiger partial charge in [0.15, 0.2) is 0 Å². The molecule has 0 aromatic heterocycles. The van der Waals surface area contributed by atoms with Crippen molar-refractivity contribution in [2.75, 3.05) is 7.11 Å². The van der Waals surface area contributed by atoms with Crippen LogP contribution in [0.4, 0.5) is 0 Å². The molecule has 2 saturated heterocycles. The first-order valence-corrected chi connectivity index (χ1v) is 5.30. The van der Waals surface area contributed by atoms with Crippen molar-refractivity contribution in [2.24, 2.45) is 5.92 Å². The molecule has 2 aliphatic rings. The van der Waals surface area contributed by atoms with Crippen LogP contribution in [0.3, 0.4) is 0 Å². The number of halogens is 1. The van der Waals surface area contributed by atoms with E-state index in [-0.39, 0.29) is 29.3 Å². The molecule has 14 heavy (non-hydrogen) atoms. The Morgan fingerprint density at radius 3 is 2.93 bits per heavy atom. The molecule has 0 aromatic carbocycles. The number of alkyl halides is 1. The lowest BCUT2D eigenvalue weighted by Crippen LogP contribution is -2.47. The molecule has 80 valence electrons. The highest BCUT2D eigenvalue weighted by molar-refractivity contribution is 6.21. The number of esters is 1. The Labute approximate surface area is 87.7 Å². The number of carbonyl (C=O) groups is 1. The molecule has 2 bridgehead atoms. The number of nitrogens with zero attached hydrogens (tertiary/aromatic N) is 1. The van der Waals surface area contributed by atoms with Gasteiger partial charge in [-0.25, -0.2) is 0 Å². The highest BCUT2D eigenvalue weighted by Gasteiger charge is 2.53. The molecule has 4 nitrogen and oxygen atoms in total. The second kappa shape index (κ2) is 3.68. The number of carbonyl (C=O) groups excluding carboxylic acids is 1. The fourth-order valence-corrected chi connectivity index (χ4v) is 3.09. The minimum absolute atomic E-state index is 0.0795. The zero-order valence-corrected chi connectivity index (χ0v) is 8.83. The lowest BCUT2D eigenvalue weighted by atomic mass is 9.92. The van der Waals surface area contributed by atoms with E-state index < -0.39 is 0 Å². The van der Waals surface area contributed by atoms with Crippen LogP contribution in [-0.4, -0.2) is 40.8 Å². The molecule has 2 N–H and O–H groups in total. The Kier molecular flexibility index (Phi) is 2.68. The van der Waals surface area contributed by atoms with Gasteiger partial charge in [0.2, 0.25) is 0 Å². The second-order valence-electron chi connectivity index (χ2n) is 4.01. The largest absolute Gasteiger partial charge is 0.469 e. The van der Waals surface area contributed by atoms with Gasteiger partial charge < -0.3 is 9.94 Å². The topological polar surface area (TPSA) is 52.4 Å². The van der Waals surface area contributed by atoms with Crippen LogP contribution in [0.1, 0.15) is 19.3 Å². The van der Waals surface area contributed by atoms with Crippen molar-refractivity contribution in [1.82, 2.24) is 5.06 Å². The van der Waals surface area contributed by atoms with E-state index in [2.05, 4.69) is 0 Å². The minimum Gasteiger partial charge on any atom is -0.469 e. The predicted molar refractivity (Wildman–Crippen MR) is 52.0 cm³/mol. The van der Waals surface area contributed by atoms with E-state index in [1.54, 1.807) is 0 Å². The fourth-order valence-electron chi connectivity index (χ4n) is 2.58. The number of fused-ring (bicyclic) bond motifs is 2. The van der Waals surface area contributed by atoms with Crippen LogP contribution in [0.2, 0.25) is 0 Å². The van der Waals surface area contributed by atoms with Crippen molar-refractivity contribution in [3.8, 4) is 0 Å². The zero-order valence-electron chi connectivity index (χ0n) is 8.07. The normalized spacial score (nSPS) is 42.5. The van der Waals surface area contributed by atoms with Crippen LogP contribution in [0, 0.1) is 5.92 Å². The third kappa shape index (κ3) is 1.42. The van der Waals surface area contributed by atoms with Gasteiger partial charge in [-0.2, -0.15) is 0 Å². The summed E-state index contributed by atoms with van der Waals surface area (Å²) in [4.78, 5) is 11.5. The summed E-state index contributed by atoms with van der Waals surface area (Å²) < 4.78 is 4.73. The molecular formula is C9H15ClNO3+. The Hall–Kier alpha value is -0.320. The van der Waals surface area contributed by atoms with Crippen molar-refractivity contribution in [3.05, 3.63) is 0 Å². The molecule has 4 atom stereocenters. The maximum absolute atomic E-state index is 11.5. The van der Waals surface area contributed by atoms with Gasteiger partial charge in [-0.1, -0.05) is 5.06 Å². The summed E-state index contributed by atoms with van der Waals surface area (Å²) in [6.45, 7) is 0. The molecular weight excluding hydrogens is 206 g/mol. The molecule has 0 aliphatic carbocycles. The number of methoxy groups -OCH3 is 1. The van der Waals surface area contributed by atoms with E-state index in [1.807, 2.05) is 0 Å². The highest BCUT2D eigenvalue weighted by Crippen LogP contribution is 2.40. The molecule has 0 spiro atoms. The second-order valence-corrected chi connectivity index (χ2v) is 4.57. The van der Waals surface area contributed by atoms with E-state index in [4.69, 9.17) is 21.5 Å². The molecule has 4 unspecified atom stereocenters. The summed E-state index contributed by atoms with van der Waals surface area (Å²) in [6, 6.07) is 0.0891. The van der Waals surface area contributed by atoms with E-state index >= 15 is 0 Å². The Morgan fingerprint density at radius 1 is 1.57 bits per heavy atom. The summed E-state index contributed by atoms with van der Waals surface area (Å²) in [5, 5.41) is 9.24. The molecule has 2 heterocycles. The Balaban J connectivity index is 2.17. The molecule has 0 amide bonds. The maximum Gasteiger partial charge on any atom is 0.310 e. The zero-order chi connectivity index (χ0) is 10.3. The Morgan fingerprint density at radius 2 is 2.29 bits per heavy atom. The van der Waals surface area contributed by atoms with Gasteiger partial charge in [-0.05, 0) is 19.3 Å². The first-order valence-electron chi connectivity index (χ1n) is 4.86. The first kappa shape index (κ1) is 10.2. The maximum atomic E-state index is 11.5. The molecule has 5 heteroatoms. The summed E-state index contributed by atoms with van der Waals surface area (Å²) in [7, 11) is 1.39. The monoisotopic (exact) mass is 220 g/mol. The number of hydrogen-bond acceptors (Lipinski definition) is 3. The number of hydrogen-bond donors (Lipinski definition) is 0. The minimum atomic E-state index is -0.224.